The number of ketones is 1. The third-order valence-electron chi connectivity index (χ3n) is 3.54. The molecule has 1 aliphatic heterocycles. The molecule has 1 unspecified atom stereocenters. The summed E-state index contributed by atoms with van der Waals surface area (Å²) >= 11 is 0. The highest BCUT2D eigenvalue weighted by Crippen LogP contribution is 2.40. The van der Waals surface area contributed by atoms with Gasteiger partial charge < -0.3 is 14.6 Å². The maximum Gasteiger partial charge on any atom is 0.174 e. The van der Waals surface area contributed by atoms with Crippen LogP contribution in [0, 0.1) is 0 Å². The molecular formula is C17H16O4. The Labute approximate surface area is 122 Å². The molecule has 0 aromatic heterocycles. The summed E-state index contributed by atoms with van der Waals surface area (Å²) in [6.45, 7) is 0.356. The molecule has 0 saturated heterocycles. The number of hydrogen-bond acceptors (Lipinski definition) is 4. The standard InChI is InChI=1S/C17H16O4/c1-20-10-11-7-13(18)17-14(19)9-15(21-16(17)8-11)12-5-3-2-4-6-12/h2-8,15,18H,9-10H2,1H3. The molecular weight excluding hydrogens is 268 g/mol. The minimum absolute atomic E-state index is 0.0453. The number of carbonyl (C=O) groups excluding carboxylic acids is 1. The first-order valence-electron chi connectivity index (χ1n) is 6.78. The minimum Gasteiger partial charge on any atom is -0.507 e. The highest BCUT2D eigenvalue weighted by atomic mass is 16.5. The van der Waals surface area contributed by atoms with Gasteiger partial charge in [0.05, 0.1) is 13.0 Å². The molecule has 4 nitrogen and oxygen atoms in total. The summed E-state index contributed by atoms with van der Waals surface area (Å²) in [6, 6.07) is 12.9. The smallest absolute Gasteiger partial charge is 0.174 e. The van der Waals surface area contributed by atoms with Crippen molar-refractivity contribution in [2.24, 2.45) is 0 Å². The fourth-order valence-electron chi connectivity index (χ4n) is 2.60. The number of methoxy groups -OCH3 is 1. The van der Waals surface area contributed by atoms with E-state index in [1.807, 2.05) is 30.3 Å². The number of Topliss-reactive ketones (excluding diaryl/α,β-unsaturated/α-hetero) is 1. The van der Waals surface area contributed by atoms with E-state index < -0.39 is 0 Å². The van der Waals surface area contributed by atoms with Crippen LogP contribution in [-0.2, 0) is 11.3 Å². The molecule has 0 radical (unpaired) electrons. The van der Waals surface area contributed by atoms with Crippen molar-refractivity contribution in [3.05, 3.63) is 59.2 Å². The van der Waals surface area contributed by atoms with Crippen LogP contribution in [0.1, 0.15) is 34.0 Å². The average molecular weight is 284 g/mol. The van der Waals surface area contributed by atoms with E-state index in [4.69, 9.17) is 9.47 Å². The summed E-state index contributed by atoms with van der Waals surface area (Å²) in [7, 11) is 1.58. The van der Waals surface area contributed by atoms with Gasteiger partial charge in [0.2, 0.25) is 0 Å². The lowest BCUT2D eigenvalue weighted by atomic mass is 9.94. The highest BCUT2D eigenvalue weighted by molar-refractivity contribution is 6.02. The molecule has 1 aliphatic rings. The minimum atomic E-state index is -0.316. The number of phenols is 1. The zero-order valence-corrected chi connectivity index (χ0v) is 11.7. The van der Waals surface area contributed by atoms with E-state index in [2.05, 4.69) is 0 Å². The van der Waals surface area contributed by atoms with Gasteiger partial charge in [0.25, 0.3) is 0 Å². The fourth-order valence-corrected chi connectivity index (χ4v) is 2.60. The van der Waals surface area contributed by atoms with Crippen molar-refractivity contribution in [1.82, 2.24) is 0 Å². The van der Waals surface area contributed by atoms with Crippen molar-refractivity contribution in [2.75, 3.05) is 7.11 Å². The molecule has 1 N–H and O–H groups in total. The number of rotatable bonds is 3. The molecule has 1 atom stereocenters. The summed E-state index contributed by atoms with van der Waals surface area (Å²) < 4.78 is 11.0. The second-order valence-electron chi connectivity index (χ2n) is 5.07. The fraction of sp³-hybridized carbons (Fsp3) is 0.235. The van der Waals surface area contributed by atoms with Gasteiger partial charge in [-0.1, -0.05) is 30.3 Å². The molecule has 2 aromatic rings. The Hall–Kier alpha value is -2.33. The van der Waals surface area contributed by atoms with Crippen LogP contribution in [0.5, 0.6) is 11.5 Å². The van der Waals surface area contributed by atoms with E-state index in [1.165, 1.54) is 0 Å². The molecule has 4 heteroatoms. The van der Waals surface area contributed by atoms with Crippen LogP contribution in [0.15, 0.2) is 42.5 Å². The van der Waals surface area contributed by atoms with Crippen LogP contribution in [0.25, 0.3) is 0 Å². The molecule has 0 saturated carbocycles. The molecule has 0 fully saturated rings. The lowest BCUT2D eigenvalue weighted by Crippen LogP contribution is -2.20. The van der Waals surface area contributed by atoms with Crippen molar-refractivity contribution >= 4 is 5.78 Å². The second-order valence-corrected chi connectivity index (χ2v) is 5.07. The first-order valence-corrected chi connectivity index (χ1v) is 6.78. The van der Waals surface area contributed by atoms with E-state index >= 15 is 0 Å². The summed E-state index contributed by atoms with van der Waals surface area (Å²) in [4.78, 5) is 12.3. The Morgan fingerprint density at radius 2 is 2.05 bits per heavy atom. The molecule has 0 spiro atoms. The lowest BCUT2D eigenvalue weighted by Gasteiger charge is -2.26. The largest absolute Gasteiger partial charge is 0.507 e. The van der Waals surface area contributed by atoms with Crippen LogP contribution in [0.2, 0.25) is 0 Å². The Bertz CT molecular complexity index is 664. The highest BCUT2D eigenvalue weighted by Gasteiger charge is 2.30. The predicted molar refractivity (Wildman–Crippen MR) is 77.6 cm³/mol. The lowest BCUT2D eigenvalue weighted by molar-refractivity contribution is 0.0844. The molecule has 0 aliphatic carbocycles. The topological polar surface area (TPSA) is 55.8 Å². The van der Waals surface area contributed by atoms with Gasteiger partial charge in [-0.2, -0.15) is 0 Å². The molecule has 0 amide bonds. The Morgan fingerprint density at radius 1 is 1.29 bits per heavy atom. The molecule has 1 heterocycles. The van der Waals surface area contributed by atoms with Crippen molar-refractivity contribution < 1.29 is 19.4 Å². The summed E-state index contributed by atoms with van der Waals surface area (Å²) in [5, 5.41) is 10.0. The quantitative estimate of drug-likeness (QED) is 0.940. The summed E-state index contributed by atoms with van der Waals surface area (Å²) in [5.41, 5.74) is 1.99. The zero-order chi connectivity index (χ0) is 14.8. The Balaban J connectivity index is 1.98. The first-order chi connectivity index (χ1) is 10.2. The number of carbonyl (C=O) groups is 1. The van der Waals surface area contributed by atoms with Gasteiger partial charge in [0, 0.05) is 7.11 Å². The molecule has 108 valence electrons. The number of aromatic hydroxyl groups is 1. The first kappa shape index (κ1) is 13.6. The summed E-state index contributed by atoms with van der Waals surface area (Å²) in [6.07, 6.45) is -0.0859. The zero-order valence-electron chi connectivity index (χ0n) is 11.7. The number of benzene rings is 2. The van der Waals surface area contributed by atoms with Crippen LogP contribution in [0.3, 0.4) is 0 Å². The van der Waals surface area contributed by atoms with Crippen molar-refractivity contribution in [3.63, 3.8) is 0 Å². The number of hydrogen-bond donors (Lipinski definition) is 1. The predicted octanol–water partition coefficient (Wildman–Crippen LogP) is 3.25. The SMILES string of the molecule is COCc1cc(O)c2c(c1)OC(c1ccccc1)CC2=O. The van der Waals surface area contributed by atoms with Gasteiger partial charge in [-0.3, -0.25) is 4.79 Å². The van der Waals surface area contributed by atoms with Gasteiger partial charge in [-0.05, 0) is 23.3 Å². The molecule has 21 heavy (non-hydrogen) atoms. The normalized spacial score (nSPS) is 17.2. The Kier molecular flexibility index (Phi) is 3.62. The monoisotopic (exact) mass is 284 g/mol. The van der Waals surface area contributed by atoms with Gasteiger partial charge in [-0.25, -0.2) is 0 Å². The average Bonchev–Trinajstić information content (AvgIpc) is 2.47. The Morgan fingerprint density at radius 3 is 2.76 bits per heavy atom. The van der Waals surface area contributed by atoms with Crippen LogP contribution in [-0.4, -0.2) is 18.0 Å². The molecule has 2 aromatic carbocycles. The second kappa shape index (κ2) is 5.58. The third kappa shape index (κ3) is 2.62. The van der Waals surface area contributed by atoms with Gasteiger partial charge >= 0.3 is 0 Å². The van der Waals surface area contributed by atoms with Gasteiger partial charge in [0.1, 0.15) is 23.2 Å². The maximum atomic E-state index is 12.3. The van der Waals surface area contributed by atoms with E-state index in [0.717, 1.165) is 11.1 Å². The van der Waals surface area contributed by atoms with Crippen LogP contribution >= 0.6 is 0 Å². The van der Waals surface area contributed by atoms with E-state index in [9.17, 15) is 9.90 Å². The number of ether oxygens (including phenoxy) is 2. The van der Waals surface area contributed by atoms with Gasteiger partial charge in [-0.15, -0.1) is 0 Å². The number of fused-ring (bicyclic) bond motifs is 1. The van der Waals surface area contributed by atoms with Crippen molar-refractivity contribution in [3.8, 4) is 11.5 Å². The maximum absolute atomic E-state index is 12.3. The third-order valence-corrected chi connectivity index (χ3v) is 3.54. The summed E-state index contributed by atoms with van der Waals surface area (Å²) in [5.74, 6) is 0.273. The van der Waals surface area contributed by atoms with E-state index in [-0.39, 0.29) is 29.6 Å². The van der Waals surface area contributed by atoms with Crippen LogP contribution < -0.4 is 4.74 Å². The number of phenolic OH excluding ortho intramolecular Hbond substituents is 1. The molecule has 3 rings (SSSR count). The van der Waals surface area contributed by atoms with Crippen molar-refractivity contribution in [2.45, 2.75) is 19.1 Å². The van der Waals surface area contributed by atoms with Crippen molar-refractivity contribution in [1.29, 1.82) is 0 Å². The van der Waals surface area contributed by atoms with Gasteiger partial charge in [0.15, 0.2) is 5.78 Å². The van der Waals surface area contributed by atoms with Crippen LogP contribution in [0.4, 0.5) is 0 Å². The van der Waals surface area contributed by atoms with E-state index in [0.29, 0.717) is 12.4 Å². The van der Waals surface area contributed by atoms with E-state index in [1.54, 1.807) is 19.2 Å². The molecule has 0 bridgehead atoms.